The third kappa shape index (κ3) is 86.6. The molecule has 0 atom stereocenters. The summed E-state index contributed by atoms with van der Waals surface area (Å²) < 4.78 is 8.77. The van der Waals surface area contributed by atoms with Crippen molar-refractivity contribution in [2.75, 3.05) is 0 Å². The van der Waals surface area contributed by atoms with Gasteiger partial charge in [-0.2, -0.15) is 0 Å². The molecule has 0 saturated carbocycles. The first-order valence-electron chi connectivity index (χ1n) is 0.765. The molecule has 2 N–H and O–H groups in total. The van der Waals surface area contributed by atoms with E-state index in [1.165, 1.54) is 0 Å². The molecule has 0 aliphatic rings. The number of hydrogen-bond acceptors (Lipinski definition) is 2. The maximum atomic E-state index is 8.77. The van der Waals surface area contributed by atoms with Gasteiger partial charge in [0.2, 0.25) is 0 Å². The zero-order valence-corrected chi connectivity index (χ0v) is 5.51. The van der Waals surface area contributed by atoms with Gasteiger partial charge in [0.15, 0.2) is 0 Å². The molecule has 0 aliphatic carbocycles. The minimum absolute atomic E-state index is 0. The van der Waals surface area contributed by atoms with Gasteiger partial charge in [-0.1, -0.05) is 0 Å². The molecule has 0 spiro atoms. The molecule has 0 aromatic rings. The van der Waals surface area contributed by atoms with E-state index >= 15 is 0 Å². The van der Waals surface area contributed by atoms with E-state index < -0.39 is 7.82 Å². The van der Waals surface area contributed by atoms with E-state index in [0.717, 1.165) is 0 Å². The number of hydrogen-bond donors (Lipinski definition) is 2. The Hall–Kier alpha value is 2.23. The van der Waals surface area contributed by atoms with Crippen molar-refractivity contribution in [2.24, 2.45) is 0 Å². The third-order valence-corrected chi connectivity index (χ3v) is 0. The van der Waals surface area contributed by atoms with Crippen LogP contribution in [-0.2, 0) is 21.6 Å². The van der Waals surface area contributed by atoms with Gasteiger partial charge < -0.3 is 14.7 Å². The molecule has 0 rings (SSSR count). The zero-order valence-electron chi connectivity index (χ0n) is 3.51. The number of rotatable bonds is 0. The molecule has 0 fully saturated rings. The zero-order chi connectivity index (χ0) is 4.50. The standard InChI is InChI=1S/Fe.Li.Na.H3O4P.H/c;;;1-5(2,3)4;/h;;;(H3,1,2,3,4);/q;+1;;;/p-1. The molecule has 0 unspecified atom stereocenters. The SMILES string of the molecule is O=P([O-])(O)O.[Fe].[Li+].[NaH]. The summed E-state index contributed by atoms with van der Waals surface area (Å²) in [7, 11) is -4.89. The quantitative estimate of drug-likeness (QED) is 0.291. The molecular weight excluding hydrogens is 181 g/mol. The van der Waals surface area contributed by atoms with Crippen molar-refractivity contribution >= 4 is 37.4 Å². The van der Waals surface area contributed by atoms with Crippen LogP contribution < -0.4 is 23.8 Å². The molecule has 0 radical (unpaired) electrons. The Morgan fingerprint density at radius 2 is 1.38 bits per heavy atom. The summed E-state index contributed by atoms with van der Waals surface area (Å²) in [4.78, 5) is 22.9. The van der Waals surface area contributed by atoms with Crippen LogP contribution >= 0.6 is 7.82 Å². The Kier molecular flexibility index (Phi) is 25.9. The number of phosphoric acid groups is 1. The average Bonchev–Trinajstić information content (AvgIpc) is 0.722. The Morgan fingerprint density at radius 1 is 1.38 bits per heavy atom. The van der Waals surface area contributed by atoms with Gasteiger partial charge >= 0.3 is 48.4 Å². The van der Waals surface area contributed by atoms with Crippen LogP contribution in [0.2, 0.25) is 0 Å². The maximum absolute atomic E-state index is 8.77. The molecule has 0 amide bonds. The molecule has 0 saturated heterocycles. The van der Waals surface area contributed by atoms with Gasteiger partial charge in [-0.05, 0) is 0 Å². The summed E-state index contributed by atoms with van der Waals surface area (Å²) in [5.41, 5.74) is 0. The van der Waals surface area contributed by atoms with Crippen LogP contribution in [-0.4, -0.2) is 39.3 Å². The van der Waals surface area contributed by atoms with Crippen LogP contribution in [0.4, 0.5) is 0 Å². The van der Waals surface area contributed by atoms with Crippen molar-refractivity contribution in [1.29, 1.82) is 0 Å². The van der Waals surface area contributed by atoms with E-state index in [1.54, 1.807) is 0 Å². The average molecular weight is 184 g/mol. The van der Waals surface area contributed by atoms with Crippen molar-refractivity contribution in [2.45, 2.75) is 0 Å². The first-order chi connectivity index (χ1) is 2.00. The normalized spacial score (nSPS) is 7.38. The molecule has 0 aromatic carbocycles. The summed E-state index contributed by atoms with van der Waals surface area (Å²) in [5, 5.41) is 0. The fourth-order valence-electron chi connectivity index (χ4n) is 0. The monoisotopic (exact) mass is 184 g/mol. The van der Waals surface area contributed by atoms with Crippen molar-refractivity contribution in [3.05, 3.63) is 0 Å². The van der Waals surface area contributed by atoms with E-state index in [4.69, 9.17) is 19.2 Å². The Bertz CT molecular complexity index is 62.2. The molecule has 0 aliphatic heterocycles. The van der Waals surface area contributed by atoms with E-state index in [1.807, 2.05) is 0 Å². The van der Waals surface area contributed by atoms with Gasteiger partial charge in [0, 0.05) is 17.1 Å². The predicted molar refractivity (Wildman–Crippen MR) is 19.2 cm³/mol. The van der Waals surface area contributed by atoms with E-state index in [9.17, 15) is 0 Å². The molecule has 4 nitrogen and oxygen atoms in total. The topological polar surface area (TPSA) is 80.6 Å². The summed E-state index contributed by atoms with van der Waals surface area (Å²) in [5.74, 6) is 0. The van der Waals surface area contributed by atoms with Crippen LogP contribution in [0.25, 0.3) is 0 Å². The summed E-state index contributed by atoms with van der Waals surface area (Å²) in [6, 6.07) is 0. The fraction of sp³-hybridized carbons (Fsp3) is 0. The molecule has 42 valence electrons. The Balaban J connectivity index is -0.0000000267. The van der Waals surface area contributed by atoms with Gasteiger partial charge in [0.05, 0.1) is 0 Å². The van der Waals surface area contributed by atoms with Crippen molar-refractivity contribution in [3.63, 3.8) is 0 Å². The van der Waals surface area contributed by atoms with E-state index in [2.05, 4.69) is 0 Å². The molecular formula is H3FeLiNaO4P. The fourth-order valence-corrected chi connectivity index (χ4v) is 0. The molecule has 8 heavy (non-hydrogen) atoms. The summed E-state index contributed by atoms with van der Waals surface area (Å²) in [6.45, 7) is 0. The van der Waals surface area contributed by atoms with Crippen LogP contribution in [0.15, 0.2) is 0 Å². The van der Waals surface area contributed by atoms with E-state index in [-0.39, 0.29) is 65.5 Å². The van der Waals surface area contributed by atoms with Gasteiger partial charge in [-0.25, -0.2) is 0 Å². The predicted octanol–water partition coefficient (Wildman–Crippen LogP) is -5.21. The first-order valence-corrected chi connectivity index (χ1v) is 2.30. The van der Waals surface area contributed by atoms with Crippen molar-refractivity contribution < 1.29 is 55.2 Å². The molecule has 0 bridgehead atoms. The Morgan fingerprint density at radius 3 is 1.38 bits per heavy atom. The van der Waals surface area contributed by atoms with Crippen LogP contribution in [0.3, 0.4) is 0 Å². The summed E-state index contributed by atoms with van der Waals surface area (Å²) in [6.07, 6.45) is 0. The Labute approximate surface area is 91.6 Å². The van der Waals surface area contributed by atoms with E-state index in [0.29, 0.717) is 0 Å². The second kappa shape index (κ2) is 9.23. The van der Waals surface area contributed by atoms with Crippen molar-refractivity contribution in [1.82, 2.24) is 0 Å². The van der Waals surface area contributed by atoms with Gasteiger partial charge in [0.25, 0.3) is 7.82 Å². The second-order valence-electron chi connectivity index (χ2n) is 0.491. The summed E-state index contributed by atoms with van der Waals surface area (Å²) >= 11 is 0. The minimum atomic E-state index is -4.89. The van der Waals surface area contributed by atoms with Crippen molar-refractivity contribution in [3.8, 4) is 0 Å². The van der Waals surface area contributed by atoms with Gasteiger partial charge in [0.1, 0.15) is 0 Å². The third-order valence-electron chi connectivity index (χ3n) is 0. The first kappa shape index (κ1) is 22.5. The van der Waals surface area contributed by atoms with Crippen LogP contribution in [0.5, 0.6) is 0 Å². The molecule has 0 heterocycles. The molecule has 8 heteroatoms. The molecule has 0 aromatic heterocycles. The van der Waals surface area contributed by atoms with Gasteiger partial charge in [-0.3, -0.25) is 4.57 Å². The van der Waals surface area contributed by atoms with Crippen LogP contribution in [0.1, 0.15) is 0 Å². The second-order valence-corrected chi connectivity index (χ2v) is 1.47. The van der Waals surface area contributed by atoms with Crippen LogP contribution in [0, 0.1) is 0 Å². The van der Waals surface area contributed by atoms with Gasteiger partial charge in [-0.15, -0.1) is 0 Å².